The van der Waals surface area contributed by atoms with Crippen LogP contribution in [-0.4, -0.2) is 22.4 Å². The normalized spacial score (nSPS) is 11.8. The lowest BCUT2D eigenvalue weighted by Gasteiger charge is -2.18. The highest BCUT2D eigenvalue weighted by Crippen LogP contribution is 2.22. The first-order chi connectivity index (χ1) is 15.2. The lowest BCUT2D eigenvalue weighted by molar-refractivity contribution is 0.0935. The molecule has 6 heteroatoms. The van der Waals surface area contributed by atoms with Gasteiger partial charge in [0.05, 0.1) is 18.8 Å². The Bertz CT molecular complexity index is 1140. The summed E-state index contributed by atoms with van der Waals surface area (Å²) in [7, 11) is 1.64. The van der Waals surface area contributed by atoms with E-state index in [1.807, 2.05) is 78.3 Å². The first-order valence-electron chi connectivity index (χ1n) is 10.3. The van der Waals surface area contributed by atoms with Gasteiger partial charge in [-0.25, -0.2) is 4.98 Å². The van der Waals surface area contributed by atoms with E-state index in [0.29, 0.717) is 17.9 Å². The molecular formula is C25H25N3O3. The summed E-state index contributed by atoms with van der Waals surface area (Å²) in [4.78, 5) is 17.4. The quantitative estimate of drug-likeness (QED) is 0.449. The van der Waals surface area contributed by atoms with E-state index in [9.17, 15) is 4.79 Å². The summed E-state index contributed by atoms with van der Waals surface area (Å²) in [6, 6.07) is 20.7. The Hall–Kier alpha value is -3.80. The zero-order valence-electron chi connectivity index (χ0n) is 17.6. The van der Waals surface area contributed by atoms with Gasteiger partial charge in [-0.1, -0.05) is 31.2 Å². The molecule has 2 heterocycles. The lowest BCUT2D eigenvalue weighted by Crippen LogP contribution is -2.28. The summed E-state index contributed by atoms with van der Waals surface area (Å²) in [5.41, 5.74) is 3.29. The van der Waals surface area contributed by atoms with Gasteiger partial charge in [0.15, 0.2) is 0 Å². The molecular weight excluding hydrogens is 390 g/mol. The number of imidazole rings is 1. The number of nitrogens with zero attached hydrogens (tertiary/aromatic N) is 2. The number of amides is 1. The highest BCUT2D eigenvalue weighted by Gasteiger charge is 2.15. The number of fused-ring (bicyclic) bond motifs is 1. The standard InChI is InChI=1S/C25H25N3O3/c1-3-23(18-10-12-21(30-2)13-11-18)27-25(29)19-7-6-8-22(15-19)31-17-20-16-28-14-5-4-9-24(28)26-20/h4-16,23H,3,17H2,1-2H3,(H,27,29). The molecule has 1 atom stereocenters. The topological polar surface area (TPSA) is 64.9 Å². The van der Waals surface area contributed by atoms with Gasteiger partial charge in [-0.2, -0.15) is 0 Å². The summed E-state index contributed by atoms with van der Waals surface area (Å²) >= 11 is 0. The molecule has 0 aliphatic carbocycles. The SMILES string of the molecule is CCC(NC(=O)c1cccc(OCc2cn3ccccc3n2)c1)c1ccc(OC)cc1. The van der Waals surface area contributed by atoms with E-state index in [1.165, 1.54) is 0 Å². The third-order valence-corrected chi connectivity index (χ3v) is 5.13. The van der Waals surface area contributed by atoms with E-state index in [1.54, 1.807) is 19.2 Å². The van der Waals surface area contributed by atoms with E-state index >= 15 is 0 Å². The maximum Gasteiger partial charge on any atom is 0.251 e. The smallest absolute Gasteiger partial charge is 0.251 e. The van der Waals surface area contributed by atoms with Crippen molar-refractivity contribution in [1.29, 1.82) is 0 Å². The minimum Gasteiger partial charge on any atom is -0.497 e. The van der Waals surface area contributed by atoms with Crippen molar-refractivity contribution in [3.8, 4) is 11.5 Å². The average Bonchev–Trinajstić information content (AvgIpc) is 3.24. The van der Waals surface area contributed by atoms with Crippen LogP contribution in [0.15, 0.2) is 79.1 Å². The number of aromatic nitrogens is 2. The van der Waals surface area contributed by atoms with Crippen molar-refractivity contribution in [2.75, 3.05) is 7.11 Å². The molecule has 0 saturated carbocycles. The van der Waals surface area contributed by atoms with Gasteiger partial charge >= 0.3 is 0 Å². The van der Waals surface area contributed by atoms with Crippen LogP contribution in [0.1, 0.15) is 41.0 Å². The number of methoxy groups -OCH3 is 1. The van der Waals surface area contributed by atoms with Crippen molar-refractivity contribution in [1.82, 2.24) is 14.7 Å². The predicted octanol–water partition coefficient (Wildman–Crippen LogP) is 4.80. The van der Waals surface area contributed by atoms with E-state index in [2.05, 4.69) is 10.3 Å². The maximum absolute atomic E-state index is 12.8. The Balaban J connectivity index is 1.41. The fourth-order valence-corrected chi connectivity index (χ4v) is 3.44. The first kappa shape index (κ1) is 20.5. The average molecular weight is 415 g/mol. The predicted molar refractivity (Wildman–Crippen MR) is 119 cm³/mol. The molecule has 31 heavy (non-hydrogen) atoms. The second-order valence-corrected chi connectivity index (χ2v) is 7.22. The summed E-state index contributed by atoms with van der Waals surface area (Å²) in [5, 5.41) is 3.10. The number of nitrogens with one attached hydrogen (secondary N) is 1. The van der Waals surface area contributed by atoms with Crippen molar-refractivity contribution in [2.45, 2.75) is 26.0 Å². The first-order valence-corrected chi connectivity index (χ1v) is 10.3. The van der Waals surface area contributed by atoms with Gasteiger partial charge in [0.25, 0.3) is 5.91 Å². The highest BCUT2D eigenvalue weighted by molar-refractivity contribution is 5.94. The molecule has 4 aromatic rings. The van der Waals surface area contributed by atoms with E-state index in [4.69, 9.17) is 9.47 Å². The Morgan fingerprint density at radius 1 is 1.06 bits per heavy atom. The van der Waals surface area contributed by atoms with Crippen LogP contribution >= 0.6 is 0 Å². The van der Waals surface area contributed by atoms with Crippen molar-refractivity contribution >= 4 is 11.6 Å². The fourth-order valence-electron chi connectivity index (χ4n) is 3.44. The zero-order valence-corrected chi connectivity index (χ0v) is 17.6. The number of hydrogen-bond donors (Lipinski definition) is 1. The van der Waals surface area contributed by atoms with Crippen LogP contribution in [-0.2, 0) is 6.61 Å². The molecule has 0 aliphatic rings. The molecule has 0 saturated heterocycles. The van der Waals surface area contributed by atoms with Gasteiger partial charge in [0.1, 0.15) is 23.8 Å². The molecule has 0 aliphatic heterocycles. The van der Waals surface area contributed by atoms with Crippen LogP contribution in [0.2, 0.25) is 0 Å². The van der Waals surface area contributed by atoms with Crippen molar-refractivity contribution < 1.29 is 14.3 Å². The minimum atomic E-state index is -0.138. The summed E-state index contributed by atoms with van der Waals surface area (Å²) < 4.78 is 13.0. The molecule has 0 bridgehead atoms. The third-order valence-electron chi connectivity index (χ3n) is 5.13. The van der Waals surface area contributed by atoms with E-state index < -0.39 is 0 Å². The Kier molecular flexibility index (Phi) is 6.17. The van der Waals surface area contributed by atoms with Crippen LogP contribution in [0.25, 0.3) is 5.65 Å². The van der Waals surface area contributed by atoms with Crippen molar-refractivity contribution in [3.63, 3.8) is 0 Å². The number of benzene rings is 2. The molecule has 0 fully saturated rings. The summed E-state index contributed by atoms with van der Waals surface area (Å²) in [6.07, 6.45) is 4.67. The summed E-state index contributed by atoms with van der Waals surface area (Å²) in [5.74, 6) is 1.28. The second-order valence-electron chi connectivity index (χ2n) is 7.22. The van der Waals surface area contributed by atoms with Crippen LogP contribution in [0.5, 0.6) is 11.5 Å². The Morgan fingerprint density at radius 3 is 2.65 bits per heavy atom. The van der Waals surface area contributed by atoms with Crippen LogP contribution in [0.4, 0.5) is 0 Å². The molecule has 0 radical (unpaired) electrons. The minimum absolute atomic E-state index is 0.0825. The second kappa shape index (κ2) is 9.34. The Labute approximate surface area is 181 Å². The van der Waals surface area contributed by atoms with Gasteiger partial charge in [-0.05, 0) is 54.4 Å². The molecule has 2 aromatic carbocycles. The molecule has 158 valence electrons. The van der Waals surface area contributed by atoms with Gasteiger partial charge in [0.2, 0.25) is 0 Å². The molecule has 1 N–H and O–H groups in total. The number of carbonyl (C=O) groups excluding carboxylic acids is 1. The fraction of sp³-hybridized carbons (Fsp3) is 0.200. The highest BCUT2D eigenvalue weighted by atomic mass is 16.5. The molecule has 4 rings (SSSR count). The molecule has 2 aromatic heterocycles. The van der Waals surface area contributed by atoms with Gasteiger partial charge < -0.3 is 19.2 Å². The molecule has 0 spiro atoms. The van der Waals surface area contributed by atoms with E-state index in [0.717, 1.165) is 29.1 Å². The molecule has 1 unspecified atom stereocenters. The number of ether oxygens (including phenoxy) is 2. The monoisotopic (exact) mass is 415 g/mol. The number of carbonyl (C=O) groups is 1. The molecule has 1 amide bonds. The third kappa shape index (κ3) is 4.86. The van der Waals surface area contributed by atoms with Crippen LogP contribution in [0.3, 0.4) is 0 Å². The van der Waals surface area contributed by atoms with Crippen molar-refractivity contribution in [3.05, 3.63) is 95.9 Å². The van der Waals surface area contributed by atoms with Gasteiger partial charge in [-0.3, -0.25) is 4.79 Å². The van der Waals surface area contributed by atoms with Gasteiger partial charge in [-0.15, -0.1) is 0 Å². The number of pyridine rings is 1. The lowest BCUT2D eigenvalue weighted by atomic mass is 10.0. The largest absolute Gasteiger partial charge is 0.497 e. The summed E-state index contributed by atoms with van der Waals surface area (Å²) in [6.45, 7) is 2.37. The molecule has 6 nitrogen and oxygen atoms in total. The van der Waals surface area contributed by atoms with Gasteiger partial charge in [0, 0.05) is 18.0 Å². The van der Waals surface area contributed by atoms with Crippen LogP contribution in [0, 0.1) is 0 Å². The zero-order chi connectivity index (χ0) is 21.6. The number of rotatable bonds is 8. The Morgan fingerprint density at radius 2 is 1.90 bits per heavy atom. The number of hydrogen-bond acceptors (Lipinski definition) is 4. The maximum atomic E-state index is 12.8. The van der Waals surface area contributed by atoms with Crippen molar-refractivity contribution in [2.24, 2.45) is 0 Å². The van der Waals surface area contributed by atoms with Crippen LogP contribution < -0.4 is 14.8 Å². The van der Waals surface area contributed by atoms with E-state index in [-0.39, 0.29) is 11.9 Å².